The van der Waals surface area contributed by atoms with Crippen molar-refractivity contribution in [3.05, 3.63) is 86.9 Å². The second-order valence-electron chi connectivity index (χ2n) is 7.00. The van der Waals surface area contributed by atoms with E-state index in [0.29, 0.717) is 28.7 Å². The van der Waals surface area contributed by atoms with Crippen molar-refractivity contribution in [3.8, 4) is 0 Å². The molecule has 152 valence electrons. The van der Waals surface area contributed by atoms with Crippen LogP contribution in [0.1, 0.15) is 28.3 Å². The predicted octanol–water partition coefficient (Wildman–Crippen LogP) is 4.82. The summed E-state index contributed by atoms with van der Waals surface area (Å²) >= 11 is 12.2. The van der Waals surface area contributed by atoms with Gasteiger partial charge in [-0.1, -0.05) is 41.4 Å². The molecule has 30 heavy (non-hydrogen) atoms. The molecule has 0 spiro atoms. The van der Waals surface area contributed by atoms with Gasteiger partial charge in [-0.05, 0) is 55.3 Å². The summed E-state index contributed by atoms with van der Waals surface area (Å²) < 4.78 is 1.68. The SMILES string of the molecule is Cc1nc2nc(CC(=O)Nc3ccc(Cl)cc3)nn2c(C)c1Cc1ccccc1Cl. The molecule has 0 saturated heterocycles. The van der Waals surface area contributed by atoms with E-state index in [4.69, 9.17) is 23.2 Å². The van der Waals surface area contributed by atoms with Crippen molar-refractivity contribution in [2.45, 2.75) is 26.7 Å². The summed E-state index contributed by atoms with van der Waals surface area (Å²) in [4.78, 5) is 21.4. The average molecular weight is 440 g/mol. The van der Waals surface area contributed by atoms with E-state index in [1.165, 1.54) is 0 Å². The summed E-state index contributed by atoms with van der Waals surface area (Å²) in [6.45, 7) is 3.92. The second-order valence-corrected chi connectivity index (χ2v) is 7.84. The van der Waals surface area contributed by atoms with Crippen molar-refractivity contribution in [1.82, 2.24) is 19.6 Å². The fourth-order valence-electron chi connectivity index (χ4n) is 3.29. The minimum atomic E-state index is -0.209. The maximum Gasteiger partial charge on any atom is 0.252 e. The number of anilines is 1. The van der Waals surface area contributed by atoms with Crippen molar-refractivity contribution in [2.75, 3.05) is 5.32 Å². The lowest BCUT2D eigenvalue weighted by atomic mass is 10.0. The zero-order chi connectivity index (χ0) is 21.3. The van der Waals surface area contributed by atoms with Crippen molar-refractivity contribution in [1.29, 1.82) is 0 Å². The topological polar surface area (TPSA) is 72.2 Å². The van der Waals surface area contributed by atoms with E-state index in [-0.39, 0.29) is 12.3 Å². The van der Waals surface area contributed by atoms with E-state index >= 15 is 0 Å². The number of nitrogens with zero attached hydrogens (tertiary/aromatic N) is 4. The van der Waals surface area contributed by atoms with E-state index in [9.17, 15) is 4.79 Å². The van der Waals surface area contributed by atoms with Gasteiger partial charge in [-0.3, -0.25) is 4.79 Å². The highest BCUT2D eigenvalue weighted by atomic mass is 35.5. The number of fused-ring (bicyclic) bond motifs is 1. The van der Waals surface area contributed by atoms with Crippen molar-refractivity contribution >= 4 is 40.6 Å². The molecule has 0 unspecified atom stereocenters. The minimum absolute atomic E-state index is 0.0460. The van der Waals surface area contributed by atoms with Crippen molar-refractivity contribution in [2.24, 2.45) is 0 Å². The van der Waals surface area contributed by atoms with Crippen molar-refractivity contribution < 1.29 is 4.79 Å². The molecule has 0 fully saturated rings. The molecule has 4 rings (SSSR count). The van der Waals surface area contributed by atoms with Gasteiger partial charge >= 0.3 is 0 Å². The van der Waals surface area contributed by atoms with Crippen LogP contribution in [0.4, 0.5) is 5.69 Å². The third-order valence-electron chi connectivity index (χ3n) is 4.86. The monoisotopic (exact) mass is 439 g/mol. The quantitative estimate of drug-likeness (QED) is 0.483. The molecule has 0 aliphatic heterocycles. The van der Waals surface area contributed by atoms with Gasteiger partial charge in [-0.15, -0.1) is 5.10 Å². The number of aryl methyl sites for hydroxylation is 2. The lowest BCUT2D eigenvalue weighted by Gasteiger charge is -2.11. The van der Waals surface area contributed by atoms with Crippen LogP contribution < -0.4 is 5.32 Å². The van der Waals surface area contributed by atoms with Gasteiger partial charge in [0.15, 0.2) is 5.82 Å². The lowest BCUT2D eigenvalue weighted by Crippen LogP contribution is -2.15. The summed E-state index contributed by atoms with van der Waals surface area (Å²) in [5.74, 6) is 0.674. The third-order valence-corrected chi connectivity index (χ3v) is 5.49. The highest BCUT2D eigenvalue weighted by Crippen LogP contribution is 2.23. The highest BCUT2D eigenvalue weighted by Gasteiger charge is 2.16. The average Bonchev–Trinajstić information content (AvgIpc) is 3.10. The fourth-order valence-corrected chi connectivity index (χ4v) is 3.62. The Labute approximate surface area is 183 Å². The Kier molecular flexibility index (Phi) is 5.70. The smallest absolute Gasteiger partial charge is 0.252 e. The number of hydrogen-bond acceptors (Lipinski definition) is 4. The van der Waals surface area contributed by atoms with Crippen LogP contribution in [0.5, 0.6) is 0 Å². The van der Waals surface area contributed by atoms with Gasteiger partial charge in [0, 0.05) is 33.5 Å². The molecule has 2 aromatic heterocycles. The lowest BCUT2D eigenvalue weighted by molar-refractivity contribution is -0.115. The zero-order valence-corrected chi connectivity index (χ0v) is 18.0. The number of carbonyl (C=O) groups excluding carboxylic acids is 1. The van der Waals surface area contributed by atoms with Gasteiger partial charge in [-0.25, -0.2) is 9.50 Å². The van der Waals surface area contributed by atoms with Gasteiger partial charge in [0.25, 0.3) is 5.78 Å². The zero-order valence-electron chi connectivity index (χ0n) is 16.5. The second kappa shape index (κ2) is 8.42. The van der Waals surface area contributed by atoms with Crippen LogP contribution in [-0.4, -0.2) is 25.5 Å². The molecule has 0 saturated carbocycles. The third kappa shape index (κ3) is 4.30. The number of halogens is 2. The Bertz CT molecular complexity index is 1230. The van der Waals surface area contributed by atoms with Crippen molar-refractivity contribution in [3.63, 3.8) is 0 Å². The first-order valence-electron chi connectivity index (χ1n) is 9.41. The van der Waals surface area contributed by atoms with E-state index in [1.807, 2.05) is 38.1 Å². The van der Waals surface area contributed by atoms with E-state index in [2.05, 4.69) is 20.4 Å². The first-order valence-corrected chi connectivity index (χ1v) is 10.2. The van der Waals surface area contributed by atoms with E-state index in [1.54, 1.807) is 28.8 Å². The summed E-state index contributed by atoms with van der Waals surface area (Å²) in [5.41, 5.74) is 4.52. The summed E-state index contributed by atoms with van der Waals surface area (Å²) in [6, 6.07) is 14.7. The summed E-state index contributed by atoms with van der Waals surface area (Å²) in [7, 11) is 0. The summed E-state index contributed by atoms with van der Waals surface area (Å²) in [5, 5.41) is 8.65. The number of carbonyl (C=O) groups is 1. The minimum Gasteiger partial charge on any atom is -0.326 e. The molecule has 6 nitrogen and oxygen atoms in total. The molecule has 0 aliphatic carbocycles. The molecule has 4 aromatic rings. The molecule has 1 amide bonds. The molecular weight excluding hydrogens is 421 g/mol. The van der Waals surface area contributed by atoms with Crippen LogP contribution in [0.15, 0.2) is 48.5 Å². The molecule has 0 aliphatic rings. The number of nitrogens with one attached hydrogen (secondary N) is 1. The first-order chi connectivity index (χ1) is 14.4. The number of amides is 1. The largest absolute Gasteiger partial charge is 0.326 e. The molecule has 8 heteroatoms. The Balaban J connectivity index is 1.58. The molecule has 0 atom stereocenters. The standard InChI is InChI=1S/C22H19Cl2N5O/c1-13-18(11-15-5-3-4-6-19(15)24)14(2)29-22(25-13)27-20(28-29)12-21(30)26-17-9-7-16(23)8-10-17/h3-10H,11-12H2,1-2H3,(H,26,30). The van der Waals surface area contributed by atoms with Gasteiger partial charge in [0.2, 0.25) is 5.91 Å². The highest BCUT2D eigenvalue weighted by molar-refractivity contribution is 6.31. The van der Waals surface area contributed by atoms with Gasteiger partial charge < -0.3 is 5.32 Å². The Morgan fingerprint density at radius 2 is 1.77 bits per heavy atom. The van der Waals surface area contributed by atoms with Gasteiger partial charge in [0.1, 0.15) is 0 Å². The van der Waals surface area contributed by atoms with Gasteiger partial charge in [-0.2, -0.15) is 4.98 Å². The Morgan fingerprint density at radius 1 is 1.03 bits per heavy atom. The number of benzene rings is 2. The first kappa shape index (κ1) is 20.3. The van der Waals surface area contributed by atoms with Crippen LogP contribution in [0.2, 0.25) is 10.0 Å². The van der Waals surface area contributed by atoms with Gasteiger partial charge in [0.05, 0.1) is 6.42 Å². The van der Waals surface area contributed by atoms with Crippen LogP contribution in [0.3, 0.4) is 0 Å². The molecule has 2 heterocycles. The molecule has 0 bridgehead atoms. The van der Waals surface area contributed by atoms with E-state index < -0.39 is 0 Å². The Hall–Kier alpha value is -2.96. The maximum absolute atomic E-state index is 12.4. The number of rotatable bonds is 5. The van der Waals surface area contributed by atoms with Crippen LogP contribution in [-0.2, 0) is 17.6 Å². The van der Waals surface area contributed by atoms with Crippen LogP contribution in [0, 0.1) is 13.8 Å². The fraction of sp³-hybridized carbons (Fsp3) is 0.182. The molecule has 2 aromatic carbocycles. The number of aromatic nitrogens is 4. The predicted molar refractivity (Wildman–Crippen MR) is 118 cm³/mol. The van der Waals surface area contributed by atoms with E-state index in [0.717, 1.165) is 27.5 Å². The maximum atomic E-state index is 12.4. The molecule has 0 radical (unpaired) electrons. The molecule has 1 N–H and O–H groups in total. The van der Waals surface area contributed by atoms with Crippen LogP contribution in [0.25, 0.3) is 5.78 Å². The number of hydrogen-bond donors (Lipinski definition) is 1. The normalized spacial score (nSPS) is 11.1. The molecular formula is C22H19Cl2N5O. The Morgan fingerprint density at radius 3 is 2.50 bits per heavy atom. The van der Waals surface area contributed by atoms with Crippen LogP contribution >= 0.6 is 23.2 Å². The summed E-state index contributed by atoms with van der Waals surface area (Å²) in [6.07, 6.45) is 0.691.